The van der Waals surface area contributed by atoms with Gasteiger partial charge in [0.25, 0.3) is 0 Å². The molecule has 0 spiro atoms. The molecule has 0 radical (unpaired) electrons. The first-order valence-corrected chi connectivity index (χ1v) is 15.0. The lowest BCUT2D eigenvalue weighted by Crippen LogP contribution is -2.42. The predicted molar refractivity (Wildman–Crippen MR) is 167 cm³/mol. The summed E-state index contributed by atoms with van der Waals surface area (Å²) in [5.41, 5.74) is 7.76. The summed E-state index contributed by atoms with van der Waals surface area (Å²) in [6, 6.07) is 23.1. The number of aliphatic hydroxyl groups is 1. The third-order valence-electron chi connectivity index (χ3n) is 8.82. The molecule has 5 heteroatoms. The Morgan fingerprint density at radius 1 is 1.00 bits per heavy atom. The largest absolute Gasteiger partial charge is 0.465 e. The van der Waals surface area contributed by atoms with Crippen molar-refractivity contribution in [1.82, 2.24) is 9.88 Å². The van der Waals surface area contributed by atoms with Crippen LogP contribution >= 0.6 is 0 Å². The topological polar surface area (TPSA) is 65.6 Å². The number of hydrogen-bond acceptors (Lipinski definition) is 4. The summed E-state index contributed by atoms with van der Waals surface area (Å²) in [6.07, 6.45) is 3.44. The molecule has 1 aliphatic rings. The average Bonchev–Trinajstić information content (AvgIpc) is 3.32. The Labute approximate surface area is 244 Å². The fraction of sp³-hybridized carbons (Fsp3) is 0.417. The molecular formula is C36H44N2O3. The number of fused-ring (bicyclic) bond motifs is 1. The third-order valence-corrected chi connectivity index (χ3v) is 8.82. The number of hydrogen-bond donors (Lipinski definition) is 2. The fourth-order valence-electron chi connectivity index (χ4n) is 6.35. The Bertz CT molecular complexity index is 1490. The number of carbonyl (C=O) groups is 1. The van der Waals surface area contributed by atoms with Gasteiger partial charge in [0.15, 0.2) is 0 Å². The molecule has 2 heterocycles. The molecular weight excluding hydrogens is 508 g/mol. The van der Waals surface area contributed by atoms with Gasteiger partial charge in [0, 0.05) is 29.7 Å². The smallest absolute Gasteiger partial charge is 0.315 e. The van der Waals surface area contributed by atoms with Gasteiger partial charge < -0.3 is 19.7 Å². The number of nitrogens with zero attached hydrogens (tertiary/aromatic N) is 1. The number of rotatable bonds is 9. The minimum atomic E-state index is -0.734. The molecule has 3 aromatic carbocycles. The van der Waals surface area contributed by atoms with Crippen LogP contribution in [0.2, 0.25) is 0 Å². The molecule has 0 bridgehead atoms. The zero-order valence-electron chi connectivity index (χ0n) is 25.2. The minimum absolute atomic E-state index is 0.202. The molecule has 1 aromatic heterocycles. The third kappa shape index (κ3) is 6.12. The molecule has 5 nitrogen and oxygen atoms in total. The first kappa shape index (κ1) is 29.1. The molecule has 1 saturated heterocycles. The number of benzene rings is 3. The Morgan fingerprint density at radius 3 is 2.34 bits per heavy atom. The molecule has 0 atom stereocenters. The Balaban J connectivity index is 1.39. The van der Waals surface area contributed by atoms with Gasteiger partial charge in [0.1, 0.15) is 0 Å². The van der Waals surface area contributed by atoms with E-state index in [1.807, 2.05) is 57.2 Å². The number of piperidine rings is 1. The lowest BCUT2D eigenvalue weighted by molar-refractivity contribution is -0.148. The van der Waals surface area contributed by atoms with E-state index in [2.05, 4.69) is 54.1 Å². The minimum Gasteiger partial charge on any atom is -0.465 e. The molecule has 1 fully saturated rings. The van der Waals surface area contributed by atoms with Crippen molar-refractivity contribution in [3.05, 3.63) is 94.5 Å². The number of esters is 1. The monoisotopic (exact) mass is 552 g/mol. The summed E-state index contributed by atoms with van der Waals surface area (Å²) in [7, 11) is 0. The predicted octanol–water partition coefficient (Wildman–Crippen LogP) is 7.21. The van der Waals surface area contributed by atoms with Crippen LogP contribution in [-0.4, -0.2) is 47.2 Å². The van der Waals surface area contributed by atoms with Crippen LogP contribution in [-0.2, 0) is 27.0 Å². The average molecular weight is 553 g/mol. The van der Waals surface area contributed by atoms with Crippen LogP contribution in [0.25, 0.3) is 22.2 Å². The quantitative estimate of drug-likeness (QED) is 0.215. The number of ether oxygens (including phenoxy) is 1. The molecule has 216 valence electrons. The molecule has 41 heavy (non-hydrogen) atoms. The summed E-state index contributed by atoms with van der Waals surface area (Å²) in [4.78, 5) is 19.0. The van der Waals surface area contributed by atoms with Gasteiger partial charge in [-0.3, -0.25) is 4.79 Å². The van der Waals surface area contributed by atoms with E-state index in [1.165, 1.54) is 27.6 Å². The zero-order valence-corrected chi connectivity index (χ0v) is 25.2. The number of aromatic nitrogens is 1. The normalized spacial score (nSPS) is 15.8. The van der Waals surface area contributed by atoms with Crippen molar-refractivity contribution in [2.45, 2.75) is 71.3 Å². The van der Waals surface area contributed by atoms with Crippen LogP contribution in [0.15, 0.2) is 66.7 Å². The summed E-state index contributed by atoms with van der Waals surface area (Å²) < 4.78 is 5.41. The molecule has 0 unspecified atom stereocenters. The van der Waals surface area contributed by atoms with Crippen molar-refractivity contribution in [2.24, 2.45) is 0 Å². The summed E-state index contributed by atoms with van der Waals surface area (Å²) >= 11 is 0. The van der Waals surface area contributed by atoms with Crippen molar-refractivity contribution in [2.75, 3.05) is 26.2 Å². The standard InChI is InChI=1S/C36H44N2O3/c1-6-41-34(39)35(4,5)29-14-15-32-31(24-29)30(33(37-32)27-22-25(2)21-26(3)23-27)13-10-18-38-19-16-36(40,17-20-38)28-11-8-7-9-12-28/h7-9,11-12,14-15,21-24,37,40H,6,10,13,16-20H2,1-5H3. The van der Waals surface area contributed by atoms with Crippen LogP contribution in [0.3, 0.4) is 0 Å². The highest BCUT2D eigenvalue weighted by atomic mass is 16.5. The second-order valence-corrected chi connectivity index (χ2v) is 12.3. The Kier molecular flexibility index (Phi) is 8.40. The number of carbonyl (C=O) groups excluding carboxylic acids is 1. The SMILES string of the molecule is CCOC(=O)C(C)(C)c1ccc2[nH]c(-c3cc(C)cc(C)c3)c(CCCN3CCC(O)(c4ccccc4)CC3)c2c1. The van der Waals surface area contributed by atoms with Crippen molar-refractivity contribution in [3.8, 4) is 11.3 Å². The van der Waals surface area contributed by atoms with E-state index in [-0.39, 0.29) is 5.97 Å². The first-order chi connectivity index (χ1) is 19.6. The van der Waals surface area contributed by atoms with E-state index in [1.54, 1.807) is 0 Å². The number of aryl methyl sites for hydroxylation is 3. The van der Waals surface area contributed by atoms with Crippen LogP contribution in [0, 0.1) is 13.8 Å². The number of likely N-dealkylation sites (tertiary alicyclic amines) is 1. The van der Waals surface area contributed by atoms with Gasteiger partial charge in [-0.15, -0.1) is 0 Å². The van der Waals surface area contributed by atoms with Crippen LogP contribution < -0.4 is 0 Å². The first-order valence-electron chi connectivity index (χ1n) is 15.0. The summed E-state index contributed by atoms with van der Waals surface area (Å²) in [6.45, 7) is 13.2. The summed E-state index contributed by atoms with van der Waals surface area (Å²) in [5.74, 6) is -0.202. The van der Waals surface area contributed by atoms with Gasteiger partial charge in [-0.25, -0.2) is 0 Å². The Hall–Kier alpha value is -3.41. The maximum absolute atomic E-state index is 12.8. The molecule has 5 rings (SSSR count). The Morgan fingerprint density at radius 2 is 1.68 bits per heavy atom. The maximum atomic E-state index is 12.8. The van der Waals surface area contributed by atoms with Crippen molar-refractivity contribution < 1.29 is 14.6 Å². The van der Waals surface area contributed by atoms with E-state index >= 15 is 0 Å². The number of H-pyrrole nitrogens is 1. The number of nitrogens with one attached hydrogen (secondary N) is 1. The van der Waals surface area contributed by atoms with Gasteiger partial charge in [-0.1, -0.05) is 53.6 Å². The van der Waals surface area contributed by atoms with Gasteiger partial charge in [0.05, 0.1) is 17.6 Å². The lowest BCUT2D eigenvalue weighted by atomic mass is 9.83. The van der Waals surface area contributed by atoms with E-state index in [0.717, 1.165) is 67.7 Å². The van der Waals surface area contributed by atoms with Crippen molar-refractivity contribution >= 4 is 16.9 Å². The van der Waals surface area contributed by atoms with Crippen LogP contribution in [0.5, 0.6) is 0 Å². The van der Waals surface area contributed by atoms with E-state index < -0.39 is 11.0 Å². The van der Waals surface area contributed by atoms with Gasteiger partial charge >= 0.3 is 5.97 Å². The van der Waals surface area contributed by atoms with Gasteiger partial charge in [-0.05, 0) is 113 Å². The van der Waals surface area contributed by atoms with Crippen molar-refractivity contribution in [1.29, 1.82) is 0 Å². The molecule has 1 aliphatic heterocycles. The lowest BCUT2D eigenvalue weighted by Gasteiger charge is -2.38. The highest BCUT2D eigenvalue weighted by molar-refractivity contribution is 5.93. The second-order valence-electron chi connectivity index (χ2n) is 12.3. The molecule has 0 saturated carbocycles. The molecule has 2 N–H and O–H groups in total. The van der Waals surface area contributed by atoms with E-state index in [0.29, 0.717) is 6.61 Å². The van der Waals surface area contributed by atoms with Crippen LogP contribution in [0.1, 0.15) is 67.9 Å². The second kappa shape index (κ2) is 11.8. The molecule has 4 aromatic rings. The van der Waals surface area contributed by atoms with Gasteiger partial charge in [-0.2, -0.15) is 0 Å². The highest BCUT2D eigenvalue weighted by Crippen LogP contribution is 2.36. The fourth-order valence-corrected chi connectivity index (χ4v) is 6.35. The van der Waals surface area contributed by atoms with E-state index in [9.17, 15) is 9.90 Å². The van der Waals surface area contributed by atoms with Gasteiger partial charge in [0.2, 0.25) is 0 Å². The zero-order chi connectivity index (χ0) is 29.2. The van der Waals surface area contributed by atoms with Crippen molar-refractivity contribution in [3.63, 3.8) is 0 Å². The number of aromatic amines is 1. The summed E-state index contributed by atoms with van der Waals surface area (Å²) in [5, 5.41) is 12.4. The highest BCUT2D eigenvalue weighted by Gasteiger charge is 2.34. The maximum Gasteiger partial charge on any atom is 0.315 e. The van der Waals surface area contributed by atoms with Crippen LogP contribution in [0.4, 0.5) is 0 Å². The van der Waals surface area contributed by atoms with E-state index in [4.69, 9.17) is 4.74 Å². The molecule has 0 amide bonds. The molecule has 0 aliphatic carbocycles.